The van der Waals surface area contributed by atoms with E-state index in [2.05, 4.69) is 20.3 Å². The molecule has 0 bridgehead atoms. The number of nitrogens with zero attached hydrogens (tertiary/aromatic N) is 3. The Morgan fingerprint density at radius 1 is 0.951 bits per heavy atom. The largest absolute Gasteiger partial charge is 0.424 e. The zero-order chi connectivity index (χ0) is 28.2. The highest BCUT2D eigenvalue weighted by Crippen LogP contribution is 2.37. The van der Waals surface area contributed by atoms with E-state index in [1.54, 1.807) is 48.7 Å². The Morgan fingerprint density at radius 2 is 1.63 bits per heavy atom. The first-order chi connectivity index (χ1) is 20.0. The Kier molecular flexibility index (Phi) is 7.24. The van der Waals surface area contributed by atoms with E-state index in [1.165, 1.54) is 12.1 Å². The van der Waals surface area contributed by atoms with Crippen LogP contribution < -0.4 is 10.1 Å². The van der Waals surface area contributed by atoms with Crippen molar-refractivity contribution in [1.29, 1.82) is 0 Å². The number of para-hydroxylation sites is 2. The first kappa shape index (κ1) is 26.3. The van der Waals surface area contributed by atoms with E-state index in [0.29, 0.717) is 34.1 Å². The van der Waals surface area contributed by atoms with Crippen molar-refractivity contribution in [2.45, 2.75) is 12.7 Å². The Balaban J connectivity index is 1.45. The number of anilines is 1. The number of carbonyl (C=O) groups is 1. The molecule has 0 saturated carbocycles. The Labute approximate surface area is 235 Å². The van der Waals surface area contributed by atoms with Crippen molar-refractivity contribution in [2.24, 2.45) is 5.92 Å². The topological polar surface area (TPSA) is 111 Å². The van der Waals surface area contributed by atoms with Crippen LogP contribution in [0.3, 0.4) is 0 Å². The number of H-pyrrole nitrogens is 1. The summed E-state index contributed by atoms with van der Waals surface area (Å²) >= 11 is 0. The summed E-state index contributed by atoms with van der Waals surface area (Å²) in [5, 5.41) is 2.87. The van der Waals surface area contributed by atoms with Crippen LogP contribution >= 0.6 is 0 Å². The maximum atomic E-state index is 13.8. The first-order valence-electron chi connectivity index (χ1n) is 13.1. The summed E-state index contributed by atoms with van der Waals surface area (Å²) in [6, 6.07) is 25.9. The molecule has 0 unspecified atom stereocenters. The summed E-state index contributed by atoms with van der Waals surface area (Å²) in [7, 11) is 0. The van der Waals surface area contributed by atoms with Crippen LogP contribution in [-0.2, 0) is 20.1 Å². The van der Waals surface area contributed by atoms with Crippen LogP contribution in [-0.4, -0.2) is 39.1 Å². The van der Waals surface area contributed by atoms with E-state index in [1.807, 2.05) is 43.3 Å². The van der Waals surface area contributed by atoms with Gasteiger partial charge in [-0.1, -0.05) is 43.3 Å². The van der Waals surface area contributed by atoms with Gasteiger partial charge in [-0.15, -0.1) is 0 Å². The van der Waals surface area contributed by atoms with E-state index in [0.717, 1.165) is 0 Å². The standard InChI is InChI=1S/C31H26FN5O4/c1-20-18-39-31(40-19-20,29(38)34-23-8-4-2-5-9-23)28-36-26(21-12-14-22(32)15-13-21)27(37-28)25-16-17-33-30(35-25)41-24-10-6-3-7-11-24/h2-17,20H,18-19H2,1H3,(H,34,38)(H,36,37). The summed E-state index contributed by atoms with van der Waals surface area (Å²) in [5.74, 6) is -2.04. The zero-order valence-electron chi connectivity index (χ0n) is 22.1. The SMILES string of the molecule is CC1COC(C(=O)Nc2ccccc2)(c2nc(-c3ccc(F)cc3)c(-c3ccnc(Oc4ccccc4)n3)[nH]2)OC1. The summed E-state index contributed by atoms with van der Waals surface area (Å²) in [6.07, 6.45) is 1.56. The van der Waals surface area contributed by atoms with Crippen molar-refractivity contribution in [1.82, 2.24) is 19.9 Å². The highest BCUT2D eigenvalue weighted by molar-refractivity contribution is 5.97. The Morgan fingerprint density at radius 3 is 2.34 bits per heavy atom. The number of carbonyl (C=O) groups excluding carboxylic acids is 1. The lowest BCUT2D eigenvalue weighted by atomic mass is 10.1. The molecule has 1 aliphatic rings. The number of ether oxygens (including phenoxy) is 3. The van der Waals surface area contributed by atoms with Crippen LogP contribution in [0.15, 0.2) is 97.2 Å². The number of benzene rings is 3. The summed E-state index contributed by atoms with van der Waals surface area (Å²) in [4.78, 5) is 30.6. The van der Waals surface area contributed by atoms with Gasteiger partial charge in [0.15, 0.2) is 5.82 Å². The van der Waals surface area contributed by atoms with Crippen molar-refractivity contribution < 1.29 is 23.4 Å². The Bertz CT molecular complexity index is 1640. The highest BCUT2D eigenvalue weighted by atomic mass is 19.1. The first-order valence-corrected chi connectivity index (χ1v) is 13.1. The monoisotopic (exact) mass is 551 g/mol. The molecule has 206 valence electrons. The van der Waals surface area contributed by atoms with Gasteiger partial charge < -0.3 is 24.5 Å². The van der Waals surface area contributed by atoms with Crippen LogP contribution in [0.5, 0.6) is 11.8 Å². The minimum absolute atomic E-state index is 0.0678. The van der Waals surface area contributed by atoms with E-state index in [4.69, 9.17) is 19.2 Å². The lowest BCUT2D eigenvalue weighted by molar-refractivity contribution is -0.274. The highest BCUT2D eigenvalue weighted by Gasteiger charge is 2.49. The summed E-state index contributed by atoms with van der Waals surface area (Å²) in [6.45, 7) is 2.51. The van der Waals surface area contributed by atoms with Crippen molar-refractivity contribution in [3.05, 3.63) is 109 Å². The maximum absolute atomic E-state index is 13.8. The molecule has 6 rings (SSSR count). The average molecular weight is 552 g/mol. The zero-order valence-corrected chi connectivity index (χ0v) is 22.1. The van der Waals surface area contributed by atoms with Gasteiger partial charge in [0.25, 0.3) is 5.91 Å². The molecule has 2 aromatic heterocycles. The van der Waals surface area contributed by atoms with Gasteiger partial charge in [0, 0.05) is 23.4 Å². The number of aromatic amines is 1. The van der Waals surface area contributed by atoms with Gasteiger partial charge in [-0.2, -0.15) is 4.98 Å². The van der Waals surface area contributed by atoms with Crippen LogP contribution in [0, 0.1) is 11.7 Å². The number of amides is 1. The fourth-order valence-corrected chi connectivity index (χ4v) is 4.37. The molecule has 0 aliphatic carbocycles. The van der Waals surface area contributed by atoms with Crippen LogP contribution in [0.2, 0.25) is 0 Å². The second kappa shape index (κ2) is 11.3. The molecule has 3 heterocycles. The van der Waals surface area contributed by atoms with Gasteiger partial charge in [-0.05, 0) is 54.6 Å². The molecular weight excluding hydrogens is 525 g/mol. The molecule has 1 amide bonds. The van der Waals surface area contributed by atoms with Crippen molar-refractivity contribution in [2.75, 3.05) is 18.5 Å². The molecule has 1 fully saturated rings. The second-order valence-corrected chi connectivity index (χ2v) is 9.62. The third-order valence-corrected chi connectivity index (χ3v) is 6.45. The van der Waals surface area contributed by atoms with E-state index >= 15 is 0 Å². The quantitative estimate of drug-likeness (QED) is 0.258. The molecule has 1 aliphatic heterocycles. The second-order valence-electron chi connectivity index (χ2n) is 9.62. The van der Waals surface area contributed by atoms with Crippen molar-refractivity contribution >= 4 is 11.6 Å². The molecular formula is C31H26FN5O4. The van der Waals surface area contributed by atoms with Gasteiger partial charge in [0.05, 0.1) is 30.3 Å². The third kappa shape index (κ3) is 5.56. The van der Waals surface area contributed by atoms with Gasteiger partial charge in [-0.25, -0.2) is 14.4 Å². The third-order valence-electron chi connectivity index (χ3n) is 6.45. The lowest BCUT2D eigenvalue weighted by Crippen LogP contribution is -2.50. The number of nitrogens with one attached hydrogen (secondary N) is 2. The lowest BCUT2D eigenvalue weighted by Gasteiger charge is -2.36. The molecule has 0 radical (unpaired) electrons. The number of rotatable bonds is 7. The molecule has 1 saturated heterocycles. The molecule has 5 aromatic rings. The van der Waals surface area contributed by atoms with E-state index in [-0.39, 0.29) is 31.0 Å². The van der Waals surface area contributed by atoms with Crippen molar-refractivity contribution in [3.8, 4) is 34.4 Å². The average Bonchev–Trinajstić information content (AvgIpc) is 3.45. The number of imidazole rings is 1. The molecule has 41 heavy (non-hydrogen) atoms. The molecule has 2 N–H and O–H groups in total. The summed E-state index contributed by atoms with van der Waals surface area (Å²) in [5.41, 5.74) is 2.47. The molecule has 0 spiro atoms. The van der Waals surface area contributed by atoms with Crippen LogP contribution in [0.4, 0.5) is 10.1 Å². The number of hydrogen-bond acceptors (Lipinski definition) is 7. The number of hydrogen-bond donors (Lipinski definition) is 2. The van der Waals surface area contributed by atoms with Crippen molar-refractivity contribution in [3.63, 3.8) is 0 Å². The predicted molar refractivity (Wildman–Crippen MR) is 149 cm³/mol. The minimum atomic E-state index is -1.87. The van der Waals surface area contributed by atoms with Gasteiger partial charge in [0.1, 0.15) is 11.6 Å². The Hall–Kier alpha value is -4.93. The fourth-order valence-electron chi connectivity index (χ4n) is 4.37. The van der Waals surface area contributed by atoms with Gasteiger partial charge in [0.2, 0.25) is 0 Å². The van der Waals surface area contributed by atoms with Gasteiger partial charge in [-0.3, -0.25) is 4.79 Å². The fraction of sp³-hybridized carbons (Fsp3) is 0.161. The van der Waals surface area contributed by atoms with Crippen LogP contribution in [0.1, 0.15) is 12.7 Å². The molecule has 9 nitrogen and oxygen atoms in total. The predicted octanol–water partition coefficient (Wildman–Crippen LogP) is 5.94. The normalized spacial score (nSPS) is 18.5. The number of aromatic nitrogens is 4. The molecule has 3 aromatic carbocycles. The van der Waals surface area contributed by atoms with E-state index < -0.39 is 17.5 Å². The number of halogens is 1. The molecule has 10 heteroatoms. The maximum Gasteiger partial charge on any atom is 0.322 e. The summed E-state index contributed by atoms with van der Waals surface area (Å²) < 4.78 is 31.9. The smallest absolute Gasteiger partial charge is 0.322 e. The van der Waals surface area contributed by atoms with Gasteiger partial charge >= 0.3 is 11.8 Å². The van der Waals surface area contributed by atoms with Crippen LogP contribution in [0.25, 0.3) is 22.6 Å². The minimum Gasteiger partial charge on any atom is -0.424 e. The van der Waals surface area contributed by atoms with E-state index in [9.17, 15) is 9.18 Å². The molecule has 0 atom stereocenters.